The number of aromatic amines is 1. The Balaban J connectivity index is 1.35. The number of aromatic nitrogens is 4. The van der Waals surface area contributed by atoms with Crippen molar-refractivity contribution in [2.45, 2.75) is 25.8 Å². The fraction of sp³-hybridized carbons (Fsp3) is 0.480. The molecule has 8 nitrogen and oxygen atoms in total. The molecule has 3 aromatic heterocycles. The predicted molar refractivity (Wildman–Crippen MR) is 135 cm³/mol. The van der Waals surface area contributed by atoms with E-state index in [-0.39, 0.29) is 0 Å². The maximum Gasteiger partial charge on any atom is 0.162 e. The summed E-state index contributed by atoms with van der Waals surface area (Å²) in [4.78, 5) is 16.3. The van der Waals surface area contributed by atoms with E-state index < -0.39 is 0 Å². The van der Waals surface area contributed by atoms with Gasteiger partial charge in [0, 0.05) is 42.1 Å². The third kappa shape index (κ3) is 4.29. The maximum atomic E-state index is 9.24. The molecule has 34 heavy (non-hydrogen) atoms. The molecule has 2 N–H and O–H groups in total. The average molecular weight is 479 g/mol. The van der Waals surface area contributed by atoms with Gasteiger partial charge < -0.3 is 14.7 Å². The first kappa shape index (κ1) is 21.9. The second kappa shape index (κ2) is 9.58. The number of likely N-dealkylation sites (tertiary alicyclic amines) is 1. The number of hydrogen-bond acceptors (Lipinski definition) is 8. The van der Waals surface area contributed by atoms with Gasteiger partial charge in [0.25, 0.3) is 0 Å². The number of nitrogens with one attached hydrogen (secondary N) is 1. The quantitative estimate of drug-likeness (QED) is 0.437. The Morgan fingerprint density at radius 1 is 1.12 bits per heavy atom. The van der Waals surface area contributed by atoms with Crippen LogP contribution in [0, 0.1) is 5.92 Å². The number of benzene rings is 1. The number of aliphatic hydroxyl groups is 1. The Labute approximate surface area is 202 Å². The molecule has 0 radical (unpaired) electrons. The first-order chi connectivity index (χ1) is 16.8. The van der Waals surface area contributed by atoms with E-state index in [9.17, 15) is 5.11 Å². The van der Waals surface area contributed by atoms with Crippen LogP contribution in [0.3, 0.4) is 0 Å². The number of piperidine rings is 1. The molecule has 9 heteroatoms. The molecule has 5 heterocycles. The van der Waals surface area contributed by atoms with Crippen molar-refractivity contribution in [3.8, 4) is 11.4 Å². The number of nitrogens with zero attached hydrogens (tertiary/aromatic N) is 5. The summed E-state index contributed by atoms with van der Waals surface area (Å²) in [5.74, 6) is 2.42. The molecule has 0 spiro atoms. The van der Waals surface area contributed by atoms with Crippen LogP contribution in [0.4, 0.5) is 5.82 Å². The first-order valence-corrected chi connectivity index (χ1v) is 13.0. The van der Waals surface area contributed by atoms with Crippen molar-refractivity contribution < 1.29 is 9.84 Å². The van der Waals surface area contributed by atoms with Crippen molar-refractivity contribution in [2.24, 2.45) is 5.92 Å². The van der Waals surface area contributed by atoms with Crippen LogP contribution in [-0.4, -0.2) is 76.2 Å². The molecule has 0 aliphatic carbocycles. The molecular weight excluding hydrogens is 448 g/mol. The molecule has 0 saturated carbocycles. The van der Waals surface area contributed by atoms with Crippen LogP contribution < -0.4 is 4.90 Å². The Hall–Kier alpha value is -2.59. The van der Waals surface area contributed by atoms with Crippen molar-refractivity contribution in [1.82, 2.24) is 25.1 Å². The van der Waals surface area contributed by atoms with Crippen LogP contribution in [0.15, 0.2) is 30.5 Å². The monoisotopic (exact) mass is 478 g/mol. The number of thiophene rings is 1. The molecule has 2 aliphatic heterocycles. The first-order valence-electron chi connectivity index (χ1n) is 12.2. The zero-order valence-electron chi connectivity index (χ0n) is 19.2. The number of anilines is 1. The molecule has 0 atom stereocenters. The smallest absolute Gasteiger partial charge is 0.162 e. The molecule has 6 rings (SSSR count). The van der Waals surface area contributed by atoms with Gasteiger partial charge in [0.15, 0.2) is 11.6 Å². The summed E-state index contributed by atoms with van der Waals surface area (Å²) in [5, 5.41) is 17.6. The molecule has 4 aromatic rings. The number of H-pyrrole nitrogens is 1. The van der Waals surface area contributed by atoms with Crippen LogP contribution in [0.1, 0.15) is 24.1 Å². The van der Waals surface area contributed by atoms with Gasteiger partial charge in [0.2, 0.25) is 0 Å². The summed E-state index contributed by atoms with van der Waals surface area (Å²) in [5.41, 5.74) is 3.01. The fourth-order valence-electron chi connectivity index (χ4n) is 5.15. The van der Waals surface area contributed by atoms with Crippen LogP contribution in [0.2, 0.25) is 0 Å². The van der Waals surface area contributed by atoms with Gasteiger partial charge in [-0.1, -0.05) is 12.1 Å². The van der Waals surface area contributed by atoms with E-state index in [0.717, 1.165) is 90.7 Å². The summed E-state index contributed by atoms with van der Waals surface area (Å²) in [6.45, 7) is 6.56. The minimum atomic E-state index is 0.304. The number of morpholine rings is 1. The second-order valence-corrected chi connectivity index (χ2v) is 10.4. The highest BCUT2D eigenvalue weighted by Crippen LogP contribution is 2.36. The number of ether oxygens (including phenoxy) is 1. The van der Waals surface area contributed by atoms with Gasteiger partial charge in [-0.05, 0) is 50.4 Å². The lowest BCUT2D eigenvalue weighted by molar-refractivity contribution is 0.122. The summed E-state index contributed by atoms with van der Waals surface area (Å²) in [6, 6.07) is 8.38. The van der Waals surface area contributed by atoms with Crippen LogP contribution in [0.5, 0.6) is 0 Å². The van der Waals surface area contributed by atoms with E-state index in [4.69, 9.17) is 14.7 Å². The van der Waals surface area contributed by atoms with E-state index in [2.05, 4.69) is 32.1 Å². The Morgan fingerprint density at radius 3 is 2.79 bits per heavy atom. The number of rotatable bonds is 6. The van der Waals surface area contributed by atoms with Crippen LogP contribution >= 0.6 is 11.3 Å². The molecule has 2 fully saturated rings. The lowest BCUT2D eigenvalue weighted by atomic mass is 9.94. The predicted octanol–water partition coefficient (Wildman–Crippen LogP) is 3.67. The van der Waals surface area contributed by atoms with Crippen molar-refractivity contribution in [1.29, 1.82) is 0 Å². The average Bonchev–Trinajstić information content (AvgIpc) is 3.52. The zero-order valence-corrected chi connectivity index (χ0v) is 20.1. The molecule has 2 aliphatic rings. The largest absolute Gasteiger partial charge is 0.396 e. The highest BCUT2D eigenvalue weighted by atomic mass is 32.1. The zero-order chi connectivity index (χ0) is 22.9. The van der Waals surface area contributed by atoms with Crippen molar-refractivity contribution in [2.75, 3.05) is 50.9 Å². The molecule has 2 saturated heterocycles. The number of aliphatic hydroxyl groups excluding tert-OH is 1. The summed E-state index contributed by atoms with van der Waals surface area (Å²) >= 11 is 1.82. The van der Waals surface area contributed by atoms with Crippen LogP contribution in [0.25, 0.3) is 32.5 Å². The molecule has 0 bridgehead atoms. The Bertz CT molecular complexity index is 1270. The molecular formula is C25H30N6O2S. The normalized spacial score (nSPS) is 18.3. The van der Waals surface area contributed by atoms with Gasteiger partial charge >= 0.3 is 0 Å². The molecule has 178 valence electrons. The van der Waals surface area contributed by atoms with Gasteiger partial charge in [-0.2, -0.15) is 5.10 Å². The lowest BCUT2D eigenvalue weighted by Crippen LogP contribution is -2.36. The van der Waals surface area contributed by atoms with Gasteiger partial charge in [0.1, 0.15) is 0 Å². The fourth-order valence-corrected chi connectivity index (χ4v) is 6.31. The third-order valence-corrected chi connectivity index (χ3v) is 8.17. The minimum Gasteiger partial charge on any atom is -0.396 e. The topological polar surface area (TPSA) is 90.4 Å². The van der Waals surface area contributed by atoms with Crippen LogP contribution in [-0.2, 0) is 11.3 Å². The van der Waals surface area contributed by atoms with E-state index in [1.807, 2.05) is 29.7 Å². The van der Waals surface area contributed by atoms with Crippen molar-refractivity contribution >= 4 is 38.3 Å². The highest BCUT2D eigenvalue weighted by molar-refractivity contribution is 7.19. The van der Waals surface area contributed by atoms with E-state index in [1.165, 1.54) is 17.7 Å². The van der Waals surface area contributed by atoms with Crippen molar-refractivity contribution in [3.05, 3.63) is 35.3 Å². The third-order valence-electron chi connectivity index (χ3n) is 7.06. The standard InChI is InChI=1S/C25H30N6O2S/c32-11-6-17-4-7-30(8-5-17)16-18-14-22-23(34-18)25(31-9-12-33-13-10-31)28-24(27-22)19-2-1-3-21-20(19)15-26-29-21/h1-3,14-15,17,32H,4-13,16H2,(H,26,29). The minimum absolute atomic E-state index is 0.304. The SMILES string of the molecule is OCCC1CCN(Cc2cc3nc(-c4cccc5[nH]ncc45)nc(N4CCOCC4)c3s2)CC1. The Morgan fingerprint density at radius 2 is 1.97 bits per heavy atom. The number of hydrogen-bond donors (Lipinski definition) is 2. The maximum absolute atomic E-state index is 9.24. The van der Waals surface area contributed by atoms with Gasteiger partial charge in [-0.25, -0.2) is 9.97 Å². The molecule has 1 aromatic carbocycles. The number of fused-ring (bicyclic) bond motifs is 2. The van der Waals surface area contributed by atoms with Crippen molar-refractivity contribution in [3.63, 3.8) is 0 Å². The Kier molecular flexibility index (Phi) is 6.17. The molecule has 0 amide bonds. The van der Waals surface area contributed by atoms with Gasteiger partial charge in [-0.15, -0.1) is 11.3 Å². The lowest BCUT2D eigenvalue weighted by Gasteiger charge is -2.31. The summed E-state index contributed by atoms with van der Waals surface area (Å²) in [7, 11) is 0. The van der Waals surface area contributed by atoms with E-state index in [1.54, 1.807) is 0 Å². The van der Waals surface area contributed by atoms with Gasteiger partial charge in [0.05, 0.1) is 35.1 Å². The van der Waals surface area contributed by atoms with E-state index in [0.29, 0.717) is 12.5 Å². The summed E-state index contributed by atoms with van der Waals surface area (Å²) < 4.78 is 6.77. The second-order valence-electron chi connectivity index (χ2n) is 9.27. The summed E-state index contributed by atoms with van der Waals surface area (Å²) in [6.07, 6.45) is 5.12. The molecule has 0 unspecified atom stereocenters. The highest BCUT2D eigenvalue weighted by Gasteiger charge is 2.23. The van der Waals surface area contributed by atoms with E-state index >= 15 is 0 Å². The van der Waals surface area contributed by atoms with Gasteiger partial charge in [-0.3, -0.25) is 10.00 Å².